The lowest BCUT2D eigenvalue weighted by atomic mass is 10.1. The third kappa shape index (κ3) is 4.66. The van der Waals surface area contributed by atoms with Gasteiger partial charge in [0.05, 0.1) is 17.8 Å². The van der Waals surface area contributed by atoms with Crippen molar-refractivity contribution in [3.63, 3.8) is 0 Å². The van der Waals surface area contributed by atoms with Crippen LogP contribution in [0.3, 0.4) is 0 Å². The van der Waals surface area contributed by atoms with Gasteiger partial charge in [0, 0.05) is 71.6 Å². The molecule has 1 fully saturated rings. The molecule has 2 N–H and O–H groups in total. The largest absolute Gasteiger partial charge is 0.420 e. The van der Waals surface area contributed by atoms with Crippen LogP contribution in [0.25, 0.3) is 21.0 Å². The topological polar surface area (TPSA) is 102 Å². The number of ether oxygens (including phenoxy) is 2. The second-order valence-electron chi connectivity index (χ2n) is 10.00. The second-order valence-corrected chi connectivity index (χ2v) is 11.4. The molecule has 0 aliphatic carbocycles. The maximum atomic E-state index is 12.7. The first-order valence-electron chi connectivity index (χ1n) is 12.8. The first-order valence-corrected chi connectivity index (χ1v) is 14.0. The van der Waals surface area contributed by atoms with Crippen LogP contribution in [0.4, 0.5) is 5.69 Å². The van der Waals surface area contributed by atoms with Gasteiger partial charge in [-0.15, -0.1) is 11.3 Å². The van der Waals surface area contributed by atoms with E-state index in [9.17, 15) is 4.79 Å². The molecule has 0 radical (unpaired) electrons. The molecule has 3 aromatic heterocycles. The minimum absolute atomic E-state index is 0.0482. The number of rotatable bonds is 6. The summed E-state index contributed by atoms with van der Waals surface area (Å²) in [6, 6.07) is 8.57. The summed E-state index contributed by atoms with van der Waals surface area (Å²) in [4.78, 5) is 29.2. The molecular weight excluding hydrogens is 524 g/mol. The molecule has 0 spiro atoms. The van der Waals surface area contributed by atoms with Gasteiger partial charge in [0.1, 0.15) is 4.88 Å². The van der Waals surface area contributed by atoms with E-state index in [1.54, 1.807) is 13.3 Å². The maximum absolute atomic E-state index is 12.7. The molecule has 3 atom stereocenters. The van der Waals surface area contributed by atoms with Crippen LogP contribution in [0.2, 0.25) is 5.28 Å². The van der Waals surface area contributed by atoms with Gasteiger partial charge in [0.15, 0.2) is 0 Å². The fourth-order valence-corrected chi connectivity index (χ4v) is 6.63. The van der Waals surface area contributed by atoms with Gasteiger partial charge in [-0.1, -0.05) is 0 Å². The van der Waals surface area contributed by atoms with Crippen molar-refractivity contribution in [3.05, 3.63) is 46.2 Å². The Morgan fingerprint density at radius 2 is 2.05 bits per heavy atom. The Balaban J connectivity index is 1.33. The number of anilines is 1. The number of carbonyl (C=O) groups is 1. The number of hydrogen-bond donors (Lipinski definition) is 2. The Hall–Kier alpha value is -3.05. The molecule has 0 saturated carbocycles. The van der Waals surface area contributed by atoms with Gasteiger partial charge in [0.25, 0.3) is 5.91 Å². The third-order valence-corrected chi connectivity index (χ3v) is 8.66. The molecule has 4 aromatic rings. The molecule has 38 heavy (non-hydrogen) atoms. The van der Waals surface area contributed by atoms with E-state index in [1.165, 1.54) is 11.3 Å². The van der Waals surface area contributed by atoms with Crippen molar-refractivity contribution in [1.82, 2.24) is 25.2 Å². The Bertz CT molecular complexity index is 1530. The van der Waals surface area contributed by atoms with E-state index in [2.05, 4.69) is 32.4 Å². The van der Waals surface area contributed by atoms with E-state index < -0.39 is 0 Å². The molecule has 2 unspecified atom stereocenters. The highest BCUT2D eigenvalue weighted by molar-refractivity contribution is 7.21. The van der Waals surface area contributed by atoms with Crippen LogP contribution in [-0.4, -0.2) is 64.1 Å². The molecule has 198 valence electrons. The quantitative estimate of drug-likeness (QED) is 0.314. The van der Waals surface area contributed by atoms with Crippen molar-refractivity contribution in [2.45, 2.75) is 51.4 Å². The Kier molecular flexibility index (Phi) is 6.81. The van der Waals surface area contributed by atoms with E-state index >= 15 is 0 Å². The molecule has 1 amide bonds. The molecule has 6 rings (SSSR count). The second kappa shape index (κ2) is 10.3. The van der Waals surface area contributed by atoms with Crippen molar-refractivity contribution < 1.29 is 14.3 Å². The van der Waals surface area contributed by atoms with E-state index in [4.69, 9.17) is 26.1 Å². The van der Waals surface area contributed by atoms with Crippen molar-refractivity contribution in [1.29, 1.82) is 0 Å². The lowest BCUT2D eigenvalue weighted by Crippen LogP contribution is -2.36. The Morgan fingerprint density at radius 1 is 1.18 bits per heavy atom. The summed E-state index contributed by atoms with van der Waals surface area (Å²) in [5.41, 5.74) is 2.47. The summed E-state index contributed by atoms with van der Waals surface area (Å²) in [6.07, 6.45) is 3.92. The van der Waals surface area contributed by atoms with Crippen LogP contribution in [0.5, 0.6) is 11.8 Å². The first kappa shape index (κ1) is 25.2. The van der Waals surface area contributed by atoms with E-state index in [0.29, 0.717) is 48.4 Å². The van der Waals surface area contributed by atoms with Gasteiger partial charge >= 0.3 is 0 Å². The van der Waals surface area contributed by atoms with Gasteiger partial charge in [-0.2, -0.15) is 4.98 Å². The van der Waals surface area contributed by atoms with Crippen molar-refractivity contribution in [3.8, 4) is 11.8 Å². The fraction of sp³-hybridized carbons (Fsp3) is 0.407. The van der Waals surface area contributed by atoms with Gasteiger partial charge in [0.2, 0.25) is 17.0 Å². The van der Waals surface area contributed by atoms with Crippen LogP contribution in [0.15, 0.2) is 30.5 Å². The number of hydrogen-bond acceptors (Lipinski definition) is 9. The van der Waals surface area contributed by atoms with Gasteiger partial charge in [-0.05, 0) is 56.5 Å². The molecule has 1 saturated heterocycles. The van der Waals surface area contributed by atoms with Crippen molar-refractivity contribution >= 4 is 55.5 Å². The number of likely N-dealkylation sites (tertiary alicyclic amines) is 1. The van der Waals surface area contributed by atoms with Gasteiger partial charge < -0.3 is 20.1 Å². The van der Waals surface area contributed by atoms with E-state index in [1.807, 2.05) is 31.2 Å². The highest BCUT2D eigenvalue weighted by Crippen LogP contribution is 2.41. The Labute approximate surface area is 229 Å². The summed E-state index contributed by atoms with van der Waals surface area (Å²) >= 11 is 7.65. The number of carbonyl (C=O) groups excluding carboxylic acids is 1. The highest BCUT2D eigenvalue weighted by atomic mass is 35.5. The van der Waals surface area contributed by atoms with Crippen molar-refractivity contribution in [2.75, 3.05) is 25.6 Å². The summed E-state index contributed by atoms with van der Waals surface area (Å²) in [7, 11) is 1.74. The summed E-state index contributed by atoms with van der Waals surface area (Å²) in [6.45, 7) is 6.18. The van der Waals surface area contributed by atoms with Crippen LogP contribution in [0.1, 0.15) is 41.9 Å². The molecule has 9 nitrogen and oxygen atoms in total. The monoisotopic (exact) mass is 552 g/mol. The molecule has 0 bridgehead atoms. The predicted octanol–water partition coefficient (Wildman–Crippen LogP) is 5.23. The van der Waals surface area contributed by atoms with E-state index in [0.717, 1.165) is 45.1 Å². The standard InChI is InChI=1S/C27H29ClN6O3S/c1-14-10-29-23-22-18-6-9-21(32-19(18)7-8-20(22)38-24(23)25(35)31-14)37-26-16(11-30-27(28)33-26)12-34-15(2)4-5-17(34)13-36-3/h6-9,11,14-15,17,29H,4-5,10,12-13H2,1-3H3,(H,31,35)/t14-,15?,17?/m1/s1. The average Bonchev–Trinajstić information content (AvgIpc) is 3.40. The predicted molar refractivity (Wildman–Crippen MR) is 150 cm³/mol. The fourth-order valence-electron chi connectivity index (χ4n) is 5.41. The number of nitrogens with one attached hydrogen (secondary N) is 2. The number of nitrogens with zero attached hydrogens (tertiary/aromatic N) is 4. The number of halogens is 1. The average molecular weight is 553 g/mol. The SMILES string of the molecule is COCC1CCC(C)N1Cc1cnc(Cl)nc1Oc1ccc2c(ccc3sc4c(c32)NC[C@@H](C)NC4=O)n1. The van der Waals surface area contributed by atoms with Crippen LogP contribution < -0.4 is 15.4 Å². The number of amides is 1. The maximum Gasteiger partial charge on any atom is 0.263 e. The molecule has 11 heteroatoms. The van der Waals surface area contributed by atoms with Gasteiger partial charge in [-0.25, -0.2) is 9.97 Å². The number of benzene rings is 1. The number of methoxy groups -OCH3 is 1. The van der Waals surface area contributed by atoms with Crippen molar-refractivity contribution in [2.24, 2.45) is 0 Å². The highest BCUT2D eigenvalue weighted by Gasteiger charge is 2.31. The minimum Gasteiger partial charge on any atom is -0.420 e. The summed E-state index contributed by atoms with van der Waals surface area (Å²) in [5.74, 6) is 0.759. The summed E-state index contributed by atoms with van der Waals surface area (Å²) in [5, 5.41) is 8.57. The molecular formula is C27H29ClN6O3S. The zero-order valence-electron chi connectivity index (χ0n) is 21.5. The number of pyridine rings is 1. The summed E-state index contributed by atoms with van der Waals surface area (Å²) < 4.78 is 12.7. The number of fused-ring (bicyclic) bond motifs is 5. The van der Waals surface area contributed by atoms with E-state index in [-0.39, 0.29) is 17.2 Å². The lowest BCUT2D eigenvalue weighted by molar-refractivity contribution is 0.0945. The first-order chi connectivity index (χ1) is 18.4. The minimum atomic E-state index is -0.0482. The molecule has 5 heterocycles. The third-order valence-electron chi connectivity index (χ3n) is 7.33. The Morgan fingerprint density at radius 3 is 2.89 bits per heavy atom. The zero-order valence-corrected chi connectivity index (χ0v) is 23.0. The van der Waals surface area contributed by atoms with Crippen LogP contribution in [0, 0.1) is 0 Å². The smallest absolute Gasteiger partial charge is 0.263 e. The molecule has 2 aliphatic heterocycles. The molecule has 1 aromatic carbocycles. The van der Waals surface area contributed by atoms with Crippen LogP contribution in [-0.2, 0) is 11.3 Å². The lowest BCUT2D eigenvalue weighted by Gasteiger charge is -2.28. The molecule has 2 aliphatic rings. The number of aromatic nitrogens is 3. The van der Waals surface area contributed by atoms with Gasteiger partial charge in [-0.3, -0.25) is 9.69 Å². The normalized spacial score (nSPS) is 21.8. The van der Waals surface area contributed by atoms with Crippen LogP contribution >= 0.6 is 22.9 Å². The zero-order chi connectivity index (χ0) is 26.4. The number of thiophene rings is 1.